The van der Waals surface area contributed by atoms with Crippen LogP contribution in [0, 0.1) is 5.92 Å². The van der Waals surface area contributed by atoms with Crippen LogP contribution in [0.25, 0.3) is 11.1 Å². The lowest BCUT2D eigenvalue weighted by Crippen LogP contribution is -2.38. The van der Waals surface area contributed by atoms with Gasteiger partial charge in [-0.05, 0) is 30.0 Å². The number of hydrogen-bond acceptors (Lipinski definition) is 4. The molecule has 160 valence electrons. The quantitative estimate of drug-likeness (QED) is 0.727. The molecule has 1 aliphatic heterocycles. The normalized spacial score (nSPS) is 17.6. The fourth-order valence-electron chi connectivity index (χ4n) is 4.21. The molecule has 2 amide bonds. The molecule has 0 aliphatic carbocycles. The van der Waals surface area contributed by atoms with Gasteiger partial charge >= 0.3 is 0 Å². The zero-order valence-corrected chi connectivity index (χ0v) is 17.8. The molecule has 0 aromatic heterocycles. The number of rotatable bonds is 8. The predicted molar refractivity (Wildman–Crippen MR) is 118 cm³/mol. The van der Waals surface area contributed by atoms with Gasteiger partial charge in [-0.3, -0.25) is 14.5 Å². The van der Waals surface area contributed by atoms with E-state index in [1.807, 2.05) is 46.2 Å². The number of nitrogens with two attached hydrogens (primary N) is 1. The van der Waals surface area contributed by atoms with E-state index in [2.05, 4.69) is 19.1 Å². The van der Waals surface area contributed by atoms with E-state index in [4.69, 9.17) is 10.5 Å². The SMILES string of the molecule is CCCN1CCN(CC(N)=O)C[C@H](Cc2ccccc2-c2ccccc2OC)C1=O. The summed E-state index contributed by atoms with van der Waals surface area (Å²) < 4.78 is 5.56. The first kappa shape index (κ1) is 21.8. The second-order valence-corrected chi connectivity index (χ2v) is 7.79. The first-order valence-electron chi connectivity index (χ1n) is 10.5. The van der Waals surface area contributed by atoms with Gasteiger partial charge in [-0.2, -0.15) is 0 Å². The molecule has 0 spiro atoms. The second-order valence-electron chi connectivity index (χ2n) is 7.79. The molecule has 1 atom stereocenters. The zero-order chi connectivity index (χ0) is 21.5. The lowest BCUT2D eigenvalue weighted by atomic mass is 9.91. The fraction of sp³-hybridized carbons (Fsp3) is 0.417. The van der Waals surface area contributed by atoms with E-state index < -0.39 is 0 Å². The molecule has 1 aliphatic rings. The lowest BCUT2D eigenvalue weighted by Gasteiger charge is -2.24. The van der Waals surface area contributed by atoms with Crippen molar-refractivity contribution in [2.24, 2.45) is 11.7 Å². The van der Waals surface area contributed by atoms with Crippen LogP contribution in [-0.4, -0.2) is 61.4 Å². The summed E-state index contributed by atoms with van der Waals surface area (Å²) >= 11 is 0. The van der Waals surface area contributed by atoms with Crippen molar-refractivity contribution >= 4 is 11.8 Å². The van der Waals surface area contributed by atoms with E-state index >= 15 is 0 Å². The highest BCUT2D eigenvalue weighted by atomic mass is 16.5. The standard InChI is InChI=1S/C24H31N3O3/c1-3-12-27-14-13-26(17-23(25)28)16-19(24(27)29)15-18-8-4-5-9-20(18)21-10-6-7-11-22(21)30-2/h4-11,19H,3,12-17H2,1-2H3,(H2,25,28)/t19-/m0/s1. The van der Waals surface area contributed by atoms with Crippen molar-refractivity contribution < 1.29 is 14.3 Å². The summed E-state index contributed by atoms with van der Waals surface area (Å²) in [5.74, 6) is 0.368. The van der Waals surface area contributed by atoms with Crippen LogP contribution in [0.15, 0.2) is 48.5 Å². The summed E-state index contributed by atoms with van der Waals surface area (Å²) in [6, 6.07) is 16.1. The Labute approximate surface area is 178 Å². The average molecular weight is 410 g/mol. The molecule has 2 N–H and O–H groups in total. The van der Waals surface area contributed by atoms with Crippen molar-refractivity contribution in [3.05, 3.63) is 54.1 Å². The number of carbonyl (C=O) groups excluding carboxylic acids is 2. The summed E-state index contributed by atoms with van der Waals surface area (Å²) in [5.41, 5.74) is 8.61. The molecule has 2 aromatic carbocycles. The van der Waals surface area contributed by atoms with Crippen LogP contribution in [0.1, 0.15) is 18.9 Å². The van der Waals surface area contributed by atoms with Gasteiger partial charge < -0.3 is 15.4 Å². The molecule has 0 radical (unpaired) electrons. The van der Waals surface area contributed by atoms with Gasteiger partial charge in [0.05, 0.1) is 19.6 Å². The van der Waals surface area contributed by atoms with Gasteiger partial charge in [0.25, 0.3) is 0 Å². The first-order valence-corrected chi connectivity index (χ1v) is 10.5. The third-order valence-corrected chi connectivity index (χ3v) is 5.58. The Morgan fingerprint density at radius 1 is 1.10 bits per heavy atom. The lowest BCUT2D eigenvalue weighted by molar-refractivity contribution is -0.134. The molecule has 0 bridgehead atoms. The Hall–Kier alpha value is -2.86. The molecular formula is C24H31N3O3. The Morgan fingerprint density at radius 2 is 1.80 bits per heavy atom. The van der Waals surface area contributed by atoms with E-state index in [-0.39, 0.29) is 24.3 Å². The molecule has 2 aromatic rings. The number of primary amides is 1. The van der Waals surface area contributed by atoms with E-state index in [9.17, 15) is 9.59 Å². The molecule has 30 heavy (non-hydrogen) atoms. The Bertz CT molecular complexity index is 884. The van der Waals surface area contributed by atoms with Crippen LogP contribution in [0.4, 0.5) is 0 Å². The van der Waals surface area contributed by atoms with Crippen molar-refractivity contribution in [1.82, 2.24) is 9.80 Å². The first-order chi connectivity index (χ1) is 14.5. The minimum atomic E-state index is -0.362. The van der Waals surface area contributed by atoms with E-state index in [0.717, 1.165) is 35.4 Å². The van der Waals surface area contributed by atoms with E-state index in [0.29, 0.717) is 26.1 Å². The summed E-state index contributed by atoms with van der Waals surface area (Å²) in [6.45, 7) is 4.81. The number of nitrogens with zero attached hydrogens (tertiary/aromatic N) is 2. The number of carbonyl (C=O) groups is 2. The van der Waals surface area contributed by atoms with Crippen LogP contribution in [0.5, 0.6) is 5.75 Å². The maximum absolute atomic E-state index is 13.3. The van der Waals surface area contributed by atoms with Gasteiger partial charge in [0, 0.05) is 31.7 Å². The number of ether oxygens (including phenoxy) is 1. The highest BCUT2D eigenvalue weighted by Crippen LogP contribution is 2.33. The Kier molecular flexibility index (Phi) is 7.46. The largest absolute Gasteiger partial charge is 0.496 e. The molecule has 0 unspecified atom stereocenters. The Balaban J connectivity index is 1.92. The van der Waals surface area contributed by atoms with Crippen LogP contribution >= 0.6 is 0 Å². The van der Waals surface area contributed by atoms with Crippen LogP contribution in [-0.2, 0) is 16.0 Å². The van der Waals surface area contributed by atoms with Gasteiger partial charge in [0.1, 0.15) is 5.75 Å². The van der Waals surface area contributed by atoms with Crippen molar-refractivity contribution in [2.75, 3.05) is 39.8 Å². The maximum Gasteiger partial charge on any atom is 0.231 e. The summed E-state index contributed by atoms with van der Waals surface area (Å²) in [5, 5.41) is 0. The third-order valence-electron chi connectivity index (χ3n) is 5.58. The fourth-order valence-corrected chi connectivity index (χ4v) is 4.21. The van der Waals surface area contributed by atoms with Crippen LogP contribution < -0.4 is 10.5 Å². The van der Waals surface area contributed by atoms with Gasteiger partial charge in [0.15, 0.2) is 0 Å². The average Bonchev–Trinajstić information content (AvgIpc) is 2.88. The molecule has 6 heteroatoms. The van der Waals surface area contributed by atoms with E-state index in [1.165, 1.54) is 0 Å². The summed E-state index contributed by atoms with van der Waals surface area (Å²) in [7, 11) is 1.67. The van der Waals surface area contributed by atoms with Gasteiger partial charge in [0.2, 0.25) is 11.8 Å². The number of methoxy groups -OCH3 is 1. The smallest absolute Gasteiger partial charge is 0.231 e. The molecule has 1 saturated heterocycles. The summed E-state index contributed by atoms with van der Waals surface area (Å²) in [6.07, 6.45) is 1.51. The van der Waals surface area contributed by atoms with Gasteiger partial charge in [-0.25, -0.2) is 0 Å². The number of benzene rings is 2. The topological polar surface area (TPSA) is 75.9 Å². The molecular weight excluding hydrogens is 378 g/mol. The van der Waals surface area contributed by atoms with Crippen LogP contribution in [0.2, 0.25) is 0 Å². The molecule has 0 saturated carbocycles. The molecule has 1 heterocycles. The Morgan fingerprint density at radius 3 is 2.50 bits per heavy atom. The van der Waals surface area contributed by atoms with Gasteiger partial charge in [-0.15, -0.1) is 0 Å². The van der Waals surface area contributed by atoms with Crippen molar-refractivity contribution in [3.8, 4) is 16.9 Å². The molecule has 3 rings (SSSR count). The third kappa shape index (κ3) is 5.19. The van der Waals surface area contributed by atoms with Crippen molar-refractivity contribution in [3.63, 3.8) is 0 Å². The minimum absolute atomic E-state index is 0.152. The zero-order valence-electron chi connectivity index (χ0n) is 17.8. The molecule has 1 fully saturated rings. The number of para-hydroxylation sites is 1. The number of hydrogen-bond donors (Lipinski definition) is 1. The summed E-state index contributed by atoms with van der Waals surface area (Å²) in [4.78, 5) is 28.7. The highest BCUT2D eigenvalue weighted by molar-refractivity contribution is 5.81. The van der Waals surface area contributed by atoms with Crippen LogP contribution in [0.3, 0.4) is 0 Å². The predicted octanol–water partition coefficient (Wildman–Crippen LogP) is 2.56. The number of amides is 2. The highest BCUT2D eigenvalue weighted by Gasteiger charge is 2.31. The van der Waals surface area contributed by atoms with Crippen molar-refractivity contribution in [1.29, 1.82) is 0 Å². The second kappa shape index (κ2) is 10.3. The monoisotopic (exact) mass is 409 g/mol. The van der Waals surface area contributed by atoms with Crippen molar-refractivity contribution in [2.45, 2.75) is 19.8 Å². The van der Waals surface area contributed by atoms with E-state index in [1.54, 1.807) is 7.11 Å². The van der Waals surface area contributed by atoms with Gasteiger partial charge in [-0.1, -0.05) is 49.4 Å². The minimum Gasteiger partial charge on any atom is -0.496 e. The maximum atomic E-state index is 13.3. The molecule has 6 nitrogen and oxygen atoms in total.